The van der Waals surface area contributed by atoms with Crippen LogP contribution in [-0.2, 0) is 13.0 Å². The third kappa shape index (κ3) is 3.74. The molecule has 0 spiro atoms. The van der Waals surface area contributed by atoms with E-state index in [2.05, 4.69) is 43.3 Å². The molecule has 31 heavy (non-hydrogen) atoms. The van der Waals surface area contributed by atoms with Crippen LogP contribution in [0.25, 0.3) is 10.9 Å². The van der Waals surface area contributed by atoms with Crippen LogP contribution < -0.4 is 20.5 Å². The van der Waals surface area contributed by atoms with Crippen molar-refractivity contribution in [3.63, 3.8) is 0 Å². The molecule has 1 saturated heterocycles. The number of nitrogens with zero attached hydrogens (tertiary/aromatic N) is 3. The van der Waals surface area contributed by atoms with Crippen molar-refractivity contribution in [1.82, 2.24) is 20.2 Å². The highest BCUT2D eigenvalue weighted by Crippen LogP contribution is 2.31. The number of H-pyrrole nitrogens is 1. The predicted octanol–water partition coefficient (Wildman–Crippen LogP) is 1.54. The van der Waals surface area contributed by atoms with Gasteiger partial charge in [-0.05, 0) is 29.8 Å². The lowest BCUT2D eigenvalue weighted by atomic mass is 10.1. The number of anilines is 1. The third-order valence-electron chi connectivity index (χ3n) is 6.07. The Hall–Kier alpha value is -3.39. The number of piperazine rings is 1. The van der Waals surface area contributed by atoms with Crippen molar-refractivity contribution in [2.24, 2.45) is 0 Å². The first kappa shape index (κ1) is 19.6. The Morgan fingerprint density at radius 1 is 1.19 bits per heavy atom. The number of hydrogen-bond acceptors (Lipinski definition) is 6. The van der Waals surface area contributed by atoms with Crippen LogP contribution in [-0.4, -0.2) is 60.6 Å². The molecule has 1 aromatic carbocycles. The standard InChI is InChI=1S/C23H25N5O3/c1-24-23(30)19-5-3-16(13-25-19)28-9-7-27(8-10-28)14-15-2-4-17-20(12-15)26-22(29)18-6-11-31-21(17)18/h2-5,12-13H,6-11,14H2,1H3,(H,24,30)(H,26,29). The van der Waals surface area contributed by atoms with Crippen molar-refractivity contribution < 1.29 is 9.53 Å². The number of aromatic amines is 1. The molecule has 4 heterocycles. The molecule has 0 atom stereocenters. The summed E-state index contributed by atoms with van der Waals surface area (Å²) in [4.78, 5) is 35.9. The van der Waals surface area contributed by atoms with Gasteiger partial charge in [-0.1, -0.05) is 6.07 Å². The van der Waals surface area contributed by atoms with Crippen LogP contribution in [0.2, 0.25) is 0 Å². The van der Waals surface area contributed by atoms with E-state index >= 15 is 0 Å². The number of nitrogens with one attached hydrogen (secondary N) is 2. The van der Waals surface area contributed by atoms with Gasteiger partial charge in [0.25, 0.3) is 11.5 Å². The molecule has 8 heteroatoms. The van der Waals surface area contributed by atoms with E-state index in [1.807, 2.05) is 6.07 Å². The van der Waals surface area contributed by atoms with Crippen LogP contribution >= 0.6 is 0 Å². The quantitative estimate of drug-likeness (QED) is 0.667. The van der Waals surface area contributed by atoms with Gasteiger partial charge in [0.2, 0.25) is 0 Å². The lowest BCUT2D eigenvalue weighted by Crippen LogP contribution is -2.46. The first-order chi connectivity index (χ1) is 15.1. The van der Waals surface area contributed by atoms with Gasteiger partial charge in [-0.3, -0.25) is 14.5 Å². The minimum Gasteiger partial charge on any atom is -0.492 e. The average molecular weight is 419 g/mol. The summed E-state index contributed by atoms with van der Waals surface area (Å²) in [6, 6.07) is 9.95. The number of fused-ring (bicyclic) bond motifs is 3. The van der Waals surface area contributed by atoms with Gasteiger partial charge in [0.05, 0.1) is 29.6 Å². The van der Waals surface area contributed by atoms with Crippen molar-refractivity contribution in [3.8, 4) is 5.75 Å². The van der Waals surface area contributed by atoms with E-state index in [0.717, 1.165) is 60.6 Å². The Kier molecular flexibility index (Phi) is 5.07. The zero-order valence-corrected chi connectivity index (χ0v) is 17.5. The van der Waals surface area contributed by atoms with E-state index in [-0.39, 0.29) is 11.5 Å². The topological polar surface area (TPSA) is 90.6 Å². The van der Waals surface area contributed by atoms with Gasteiger partial charge in [-0.25, -0.2) is 4.98 Å². The maximum atomic E-state index is 12.3. The number of carbonyl (C=O) groups excluding carboxylic acids is 1. The summed E-state index contributed by atoms with van der Waals surface area (Å²) in [5, 5.41) is 3.57. The Morgan fingerprint density at radius 3 is 2.77 bits per heavy atom. The molecule has 5 rings (SSSR count). The molecular weight excluding hydrogens is 394 g/mol. The molecule has 0 unspecified atom stereocenters. The smallest absolute Gasteiger partial charge is 0.269 e. The van der Waals surface area contributed by atoms with E-state index in [9.17, 15) is 9.59 Å². The molecule has 160 valence electrons. The van der Waals surface area contributed by atoms with Gasteiger partial charge in [-0.2, -0.15) is 0 Å². The van der Waals surface area contributed by atoms with E-state index in [1.54, 1.807) is 19.3 Å². The second-order valence-electron chi connectivity index (χ2n) is 7.98. The molecule has 0 saturated carbocycles. The van der Waals surface area contributed by atoms with Crippen LogP contribution in [0.3, 0.4) is 0 Å². The summed E-state index contributed by atoms with van der Waals surface area (Å²) in [6.07, 6.45) is 2.44. The summed E-state index contributed by atoms with van der Waals surface area (Å²) in [5.41, 5.74) is 4.19. The van der Waals surface area contributed by atoms with Crippen molar-refractivity contribution in [1.29, 1.82) is 0 Å². The summed E-state index contributed by atoms with van der Waals surface area (Å²) in [5.74, 6) is 0.569. The van der Waals surface area contributed by atoms with Gasteiger partial charge < -0.3 is 19.9 Å². The number of amides is 1. The fraction of sp³-hybridized carbons (Fsp3) is 0.348. The number of pyridine rings is 2. The van der Waals surface area contributed by atoms with Crippen LogP contribution in [0, 0.1) is 0 Å². The maximum absolute atomic E-state index is 12.3. The summed E-state index contributed by atoms with van der Waals surface area (Å²) >= 11 is 0. The van der Waals surface area contributed by atoms with Crippen LogP contribution in [0.15, 0.2) is 41.3 Å². The molecule has 2 aliphatic rings. The predicted molar refractivity (Wildman–Crippen MR) is 119 cm³/mol. The van der Waals surface area contributed by atoms with Gasteiger partial charge >= 0.3 is 0 Å². The molecule has 0 radical (unpaired) electrons. The zero-order chi connectivity index (χ0) is 21.4. The van der Waals surface area contributed by atoms with Gasteiger partial charge in [0, 0.05) is 51.6 Å². The minimum atomic E-state index is -0.176. The Labute approximate surface area is 179 Å². The highest BCUT2D eigenvalue weighted by molar-refractivity contribution is 5.92. The Balaban J connectivity index is 1.24. The molecule has 8 nitrogen and oxygen atoms in total. The van der Waals surface area contributed by atoms with Crippen molar-refractivity contribution in [3.05, 3.63) is 63.7 Å². The highest BCUT2D eigenvalue weighted by atomic mass is 16.5. The first-order valence-electron chi connectivity index (χ1n) is 10.6. The first-order valence-corrected chi connectivity index (χ1v) is 10.6. The van der Waals surface area contributed by atoms with Crippen molar-refractivity contribution in [2.45, 2.75) is 13.0 Å². The van der Waals surface area contributed by atoms with E-state index < -0.39 is 0 Å². The molecule has 1 fully saturated rings. The molecule has 2 aliphatic heterocycles. The Bertz CT molecular complexity index is 1180. The zero-order valence-electron chi connectivity index (χ0n) is 17.5. The number of ether oxygens (including phenoxy) is 1. The summed E-state index contributed by atoms with van der Waals surface area (Å²) in [7, 11) is 1.60. The molecule has 0 aliphatic carbocycles. The second kappa shape index (κ2) is 8.03. The minimum absolute atomic E-state index is 0.0400. The third-order valence-corrected chi connectivity index (χ3v) is 6.07. The summed E-state index contributed by atoms with van der Waals surface area (Å²) in [6.45, 7) is 5.06. The lowest BCUT2D eigenvalue weighted by molar-refractivity contribution is 0.0958. The van der Waals surface area contributed by atoms with E-state index in [4.69, 9.17) is 4.74 Å². The van der Waals surface area contributed by atoms with Crippen LogP contribution in [0.5, 0.6) is 5.75 Å². The van der Waals surface area contributed by atoms with Crippen molar-refractivity contribution >= 4 is 22.5 Å². The molecule has 1 amide bonds. The highest BCUT2D eigenvalue weighted by Gasteiger charge is 2.21. The van der Waals surface area contributed by atoms with Gasteiger partial charge in [-0.15, -0.1) is 0 Å². The SMILES string of the molecule is CNC(=O)c1ccc(N2CCN(Cc3ccc4c5c(c(=O)[nH]c4c3)CCO5)CC2)cn1. The van der Waals surface area contributed by atoms with Crippen LogP contribution in [0.1, 0.15) is 21.6 Å². The molecule has 3 aromatic rings. The second-order valence-corrected chi connectivity index (χ2v) is 7.98. The number of rotatable bonds is 4. The van der Waals surface area contributed by atoms with E-state index in [0.29, 0.717) is 18.7 Å². The fourth-order valence-electron chi connectivity index (χ4n) is 4.36. The largest absolute Gasteiger partial charge is 0.492 e. The maximum Gasteiger partial charge on any atom is 0.269 e. The average Bonchev–Trinajstić information content (AvgIpc) is 3.30. The number of benzene rings is 1. The monoisotopic (exact) mass is 419 g/mol. The van der Waals surface area contributed by atoms with Gasteiger partial charge in [0.15, 0.2) is 0 Å². The number of aromatic nitrogens is 2. The normalized spacial score (nSPS) is 16.2. The van der Waals surface area contributed by atoms with E-state index in [1.165, 1.54) is 5.56 Å². The van der Waals surface area contributed by atoms with Gasteiger partial charge in [0.1, 0.15) is 11.4 Å². The molecule has 2 N–H and O–H groups in total. The molecule has 2 aromatic heterocycles. The molecule has 0 bridgehead atoms. The lowest BCUT2D eigenvalue weighted by Gasteiger charge is -2.36. The van der Waals surface area contributed by atoms with Crippen molar-refractivity contribution in [2.75, 3.05) is 44.7 Å². The Morgan fingerprint density at radius 2 is 2.03 bits per heavy atom. The van der Waals surface area contributed by atoms with Crippen LogP contribution in [0.4, 0.5) is 5.69 Å². The number of hydrogen-bond donors (Lipinski definition) is 2. The number of carbonyl (C=O) groups is 1. The molecular formula is C23H25N5O3. The summed E-state index contributed by atoms with van der Waals surface area (Å²) < 4.78 is 5.70. The fourth-order valence-corrected chi connectivity index (χ4v) is 4.36.